The Morgan fingerprint density at radius 3 is 0.953 bits per heavy atom. The SMILES string of the molecule is N#Cc1ccc([C@@]23Oc4cc(Cl)cnc4[C@]2(O)[C@@H](O)C[C@H]3c2ccccc2)cc1.N#Cc1ccc([C@@]23Oc4cc(Cl)cnc4[C@]2(O)[C@@H](O)C[C@H]3c2ccccc2)cc1.O[C@H]1C[C@@H](c2ccccc2)[C@]2(c3ccc(Br)cc3)Oc3cc(Cl)cnc3[C@]12O. The van der Waals surface area contributed by atoms with Crippen molar-refractivity contribution in [2.75, 3.05) is 0 Å². The zero-order valence-corrected chi connectivity index (χ0v) is 49.1. The van der Waals surface area contributed by atoms with Gasteiger partial charge in [-0.15, -0.1) is 0 Å². The van der Waals surface area contributed by atoms with Gasteiger partial charge in [-0.25, -0.2) is 0 Å². The Morgan fingerprint density at radius 2 is 0.686 bits per heavy atom. The van der Waals surface area contributed by atoms with Crippen LogP contribution in [0.3, 0.4) is 0 Å². The van der Waals surface area contributed by atoms with Gasteiger partial charge in [0.05, 0.1) is 56.6 Å². The van der Waals surface area contributed by atoms with Crippen LogP contribution in [0.4, 0.5) is 0 Å². The fraction of sp³-hybridized carbons (Fsp3) is 0.221. The number of fused-ring (bicyclic) bond motifs is 9. The van der Waals surface area contributed by atoms with Crippen molar-refractivity contribution in [1.82, 2.24) is 15.0 Å². The van der Waals surface area contributed by atoms with Crippen molar-refractivity contribution < 1.29 is 44.8 Å². The van der Waals surface area contributed by atoms with Crippen LogP contribution in [-0.2, 0) is 33.6 Å². The Morgan fingerprint density at radius 1 is 0.419 bits per heavy atom. The minimum Gasteiger partial charge on any atom is -0.476 e. The summed E-state index contributed by atoms with van der Waals surface area (Å²) in [6.07, 6.45) is 2.06. The van der Waals surface area contributed by atoms with Gasteiger partial charge in [-0.05, 0) is 89.0 Å². The first-order valence-electron chi connectivity index (χ1n) is 27.7. The van der Waals surface area contributed by atoms with E-state index in [1.165, 1.54) is 18.6 Å². The van der Waals surface area contributed by atoms with Gasteiger partial charge >= 0.3 is 0 Å². The topological polar surface area (TPSA) is 235 Å². The molecule has 15 rings (SSSR count). The van der Waals surface area contributed by atoms with Gasteiger partial charge in [0, 0.05) is 59.0 Å². The Bertz CT molecular complexity index is 3970. The van der Waals surface area contributed by atoms with E-state index in [2.05, 4.69) is 43.0 Å². The van der Waals surface area contributed by atoms with E-state index in [4.69, 9.17) is 49.0 Å². The number of aliphatic hydroxyl groups is 6. The van der Waals surface area contributed by atoms with Crippen LogP contribution in [0.1, 0.15) is 98.6 Å². The maximum absolute atomic E-state index is 12.0. The van der Waals surface area contributed by atoms with Crippen molar-refractivity contribution in [3.05, 3.63) is 282 Å². The van der Waals surface area contributed by atoms with Crippen LogP contribution in [-0.4, -0.2) is 63.9 Å². The van der Waals surface area contributed by atoms with Gasteiger partial charge in [0.1, 0.15) is 34.3 Å². The molecule has 3 aliphatic carbocycles. The highest BCUT2D eigenvalue weighted by atomic mass is 79.9. The molecule has 12 atom stereocenters. The van der Waals surface area contributed by atoms with Gasteiger partial charge < -0.3 is 44.8 Å². The van der Waals surface area contributed by atoms with Crippen LogP contribution in [0.25, 0.3) is 0 Å². The molecule has 6 aromatic carbocycles. The molecule has 0 spiro atoms. The summed E-state index contributed by atoms with van der Waals surface area (Å²) in [6.45, 7) is 0. The molecule has 3 fully saturated rings. The van der Waals surface area contributed by atoms with E-state index in [1.807, 2.05) is 115 Å². The number of aromatic nitrogens is 3. The van der Waals surface area contributed by atoms with E-state index in [0.717, 1.165) is 26.7 Å². The summed E-state index contributed by atoms with van der Waals surface area (Å²) in [4.78, 5) is 13.0. The zero-order chi connectivity index (χ0) is 60.0. The normalized spacial score (nSPS) is 29.9. The molecule has 3 aromatic heterocycles. The van der Waals surface area contributed by atoms with Crippen molar-refractivity contribution >= 4 is 50.7 Å². The van der Waals surface area contributed by atoms with Crippen molar-refractivity contribution in [2.45, 2.75) is 88.9 Å². The highest BCUT2D eigenvalue weighted by Gasteiger charge is 2.76. The van der Waals surface area contributed by atoms with Gasteiger partial charge in [-0.3, -0.25) is 15.0 Å². The number of nitriles is 2. The first kappa shape index (κ1) is 57.3. The number of benzene rings is 6. The molecule has 0 unspecified atom stereocenters. The molecule has 0 radical (unpaired) electrons. The van der Waals surface area contributed by atoms with Gasteiger partial charge in [-0.1, -0.05) is 178 Å². The maximum atomic E-state index is 12.0. The Labute approximate surface area is 517 Å². The Hall–Kier alpha value is -7.74. The summed E-state index contributed by atoms with van der Waals surface area (Å²) >= 11 is 21.8. The molecule has 14 nitrogen and oxygen atoms in total. The van der Waals surface area contributed by atoms with E-state index >= 15 is 0 Å². The first-order valence-corrected chi connectivity index (χ1v) is 29.6. The predicted octanol–water partition coefficient (Wildman–Crippen LogP) is 11.8. The minimum absolute atomic E-state index is 0.275. The summed E-state index contributed by atoms with van der Waals surface area (Å²) in [7, 11) is 0. The smallest absolute Gasteiger partial charge is 0.180 e. The number of halogens is 4. The fourth-order valence-corrected chi connectivity index (χ4v) is 15.1. The fourth-order valence-electron chi connectivity index (χ4n) is 14.4. The molecule has 0 saturated heterocycles. The molecule has 86 heavy (non-hydrogen) atoms. The quantitative estimate of drug-likeness (QED) is 0.0909. The van der Waals surface area contributed by atoms with Crippen LogP contribution in [0.2, 0.25) is 15.1 Å². The Balaban J connectivity index is 0.000000120. The van der Waals surface area contributed by atoms with Crippen LogP contribution in [0, 0.1) is 22.7 Å². The van der Waals surface area contributed by atoms with Crippen molar-refractivity contribution in [3.63, 3.8) is 0 Å². The number of aliphatic hydroxyl groups excluding tert-OH is 3. The van der Waals surface area contributed by atoms with Gasteiger partial charge in [-0.2, -0.15) is 10.5 Å². The molecule has 3 aliphatic heterocycles. The lowest BCUT2D eigenvalue weighted by molar-refractivity contribution is -0.151. The molecule has 18 heteroatoms. The molecule has 0 bridgehead atoms. The lowest BCUT2D eigenvalue weighted by atomic mass is 9.72. The predicted molar refractivity (Wildman–Crippen MR) is 322 cm³/mol. The molecule has 430 valence electrons. The van der Waals surface area contributed by atoms with Crippen molar-refractivity contribution in [2.24, 2.45) is 0 Å². The second-order valence-electron chi connectivity index (χ2n) is 22.3. The van der Waals surface area contributed by atoms with Gasteiger partial charge in [0.25, 0.3) is 0 Å². The van der Waals surface area contributed by atoms with Gasteiger partial charge in [0.2, 0.25) is 0 Å². The summed E-state index contributed by atoms with van der Waals surface area (Å²) in [6, 6.07) is 59.7. The largest absolute Gasteiger partial charge is 0.476 e. The summed E-state index contributed by atoms with van der Waals surface area (Å²) in [5.41, 5.74) is -2.20. The standard InChI is InChI=1S/2C23H17ClN2O3.C22H17BrClNO3/c2*24-17-10-19-21(26-13-17)22(28)20(27)11-18(15-4-2-1-3-5-15)23(22,29-19)16-8-6-14(12-25)7-9-16;23-15-8-6-14(7-9-15)22-17(13-4-2-1-3-5-13)11-19(26)21(22,27)20-18(28-22)10-16(24)12-25-20/h2*1-10,13,18,20,27-28H,11H2;1-10,12,17,19,26-27H,11H2/t2*18-,20-,22+,23-;17-,19-,21+,22-/m000/s1. The molecular weight excluding hydrogens is 1220 g/mol. The number of nitrogens with zero attached hydrogens (tertiary/aromatic N) is 5. The highest BCUT2D eigenvalue weighted by Crippen LogP contribution is 2.69. The third-order valence-corrected chi connectivity index (χ3v) is 19.3. The highest BCUT2D eigenvalue weighted by molar-refractivity contribution is 9.10. The molecule has 9 aromatic rings. The number of hydrogen-bond acceptors (Lipinski definition) is 14. The minimum atomic E-state index is -1.76. The van der Waals surface area contributed by atoms with Crippen LogP contribution < -0.4 is 14.2 Å². The van der Waals surface area contributed by atoms with E-state index in [1.54, 1.807) is 66.7 Å². The summed E-state index contributed by atoms with van der Waals surface area (Å²) in [5.74, 6) is 0.141. The molecule has 6 N–H and O–H groups in total. The molecular formula is C68H51BrCl3N5O9. The molecule has 6 aliphatic rings. The number of ether oxygens (including phenoxy) is 3. The maximum Gasteiger partial charge on any atom is 0.180 e. The first-order chi connectivity index (χ1) is 41.5. The summed E-state index contributed by atoms with van der Waals surface area (Å²) < 4.78 is 20.3. The molecule has 3 saturated carbocycles. The van der Waals surface area contributed by atoms with Crippen LogP contribution in [0.15, 0.2) is 205 Å². The third-order valence-electron chi connectivity index (χ3n) is 18.1. The number of pyridine rings is 3. The number of rotatable bonds is 6. The van der Waals surface area contributed by atoms with E-state index < -0.39 is 51.9 Å². The van der Waals surface area contributed by atoms with E-state index in [9.17, 15) is 41.2 Å². The van der Waals surface area contributed by atoms with E-state index in [0.29, 0.717) is 79.5 Å². The zero-order valence-electron chi connectivity index (χ0n) is 45.3. The lowest BCUT2D eigenvalue weighted by Crippen LogP contribution is -2.52. The second kappa shape index (κ2) is 21.6. The average molecular weight is 1270 g/mol. The number of hydrogen-bond donors (Lipinski definition) is 6. The average Bonchev–Trinajstić information content (AvgIpc) is 1.54. The van der Waals surface area contributed by atoms with Crippen molar-refractivity contribution in [1.29, 1.82) is 10.5 Å². The van der Waals surface area contributed by atoms with E-state index in [-0.39, 0.29) is 29.1 Å². The second-order valence-corrected chi connectivity index (χ2v) is 24.6. The molecule has 6 heterocycles. The molecule has 0 amide bonds. The van der Waals surface area contributed by atoms with Crippen LogP contribution >= 0.6 is 50.7 Å². The third kappa shape index (κ3) is 8.36. The van der Waals surface area contributed by atoms with Crippen molar-refractivity contribution in [3.8, 4) is 29.4 Å². The lowest BCUT2D eigenvalue weighted by Gasteiger charge is -2.40. The van der Waals surface area contributed by atoms with Gasteiger partial charge in [0.15, 0.2) is 33.6 Å². The Kier molecular flexibility index (Phi) is 14.4. The summed E-state index contributed by atoms with van der Waals surface area (Å²) in [5, 5.41) is 88.6. The monoisotopic (exact) mass is 1270 g/mol. The van der Waals surface area contributed by atoms with Crippen LogP contribution in [0.5, 0.6) is 17.2 Å².